The van der Waals surface area contributed by atoms with E-state index in [-0.39, 0.29) is 17.4 Å². The Morgan fingerprint density at radius 2 is 1.38 bits per heavy atom. The standard InChI is InChI=1S/C21H28O2Si/c1-5-12-18(22)17-23-24(21(2,3)4,19-13-8-6-9-14-19)20-15-10-7-11-16-20/h6-11,13-16H,5,12,17H2,1-4H3. The number of carbonyl (C=O) groups excluding carboxylic acids is 1. The van der Waals surface area contributed by atoms with Crippen LogP contribution >= 0.6 is 0 Å². The van der Waals surface area contributed by atoms with Gasteiger partial charge in [0, 0.05) is 6.42 Å². The predicted octanol–water partition coefficient (Wildman–Crippen LogP) is 3.93. The molecule has 2 aromatic rings. The summed E-state index contributed by atoms with van der Waals surface area (Å²) in [5.74, 6) is 0.186. The van der Waals surface area contributed by atoms with Gasteiger partial charge in [0.2, 0.25) is 0 Å². The van der Waals surface area contributed by atoms with Crippen molar-refractivity contribution in [1.82, 2.24) is 0 Å². The van der Waals surface area contributed by atoms with Crippen LogP contribution in [0.25, 0.3) is 0 Å². The molecule has 0 unspecified atom stereocenters. The third-order valence-electron chi connectivity index (χ3n) is 4.40. The van der Waals surface area contributed by atoms with Gasteiger partial charge in [0.15, 0.2) is 5.78 Å². The van der Waals surface area contributed by atoms with Crippen molar-refractivity contribution in [2.75, 3.05) is 6.61 Å². The SMILES string of the molecule is CCCC(=O)CO[Si](c1ccccc1)(c1ccccc1)C(C)(C)C. The van der Waals surface area contributed by atoms with Crippen LogP contribution in [0.3, 0.4) is 0 Å². The summed E-state index contributed by atoms with van der Waals surface area (Å²) in [6, 6.07) is 20.9. The summed E-state index contributed by atoms with van der Waals surface area (Å²) in [6.07, 6.45) is 1.45. The summed E-state index contributed by atoms with van der Waals surface area (Å²) in [5, 5.41) is 2.35. The Bertz CT molecular complexity index is 605. The van der Waals surface area contributed by atoms with Crippen molar-refractivity contribution in [2.45, 2.75) is 45.6 Å². The third-order valence-corrected chi connectivity index (χ3v) is 9.38. The number of carbonyl (C=O) groups is 1. The van der Waals surface area contributed by atoms with Crippen molar-refractivity contribution in [3.8, 4) is 0 Å². The van der Waals surface area contributed by atoms with Crippen LogP contribution in [0.5, 0.6) is 0 Å². The summed E-state index contributed by atoms with van der Waals surface area (Å²) in [6.45, 7) is 8.90. The minimum Gasteiger partial charge on any atom is -0.400 e. The van der Waals surface area contributed by atoms with E-state index in [1.165, 1.54) is 10.4 Å². The minimum atomic E-state index is -2.56. The average Bonchev–Trinajstić information content (AvgIpc) is 2.56. The van der Waals surface area contributed by atoms with Crippen molar-refractivity contribution in [3.63, 3.8) is 0 Å². The highest BCUT2D eigenvalue weighted by molar-refractivity contribution is 6.99. The molecule has 2 rings (SSSR count). The Morgan fingerprint density at radius 3 is 1.75 bits per heavy atom. The molecule has 0 aromatic heterocycles. The molecule has 0 aliphatic rings. The Kier molecular flexibility index (Phi) is 6.14. The average molecular weight is 341 g/mol. The van der Waals surface area contributed by atoms with Crippen molar-refractivity contribution in [2.24, 2.45) is 0 Å². The van der Waals surface area contributed by atoms with Crippen molar-refractivity contribution >= 4 is 24.5 Å². The Labute approximate surface area is 147 Å². The van der Waals surface area contributed by atoms with Gasteiger partial charge in [-0.05, 0) is 21.8 Å². The molecule has 0 fully saturated rings. The summed E-state index contributed by atoms with van der Waals surface area (Å²) < 4.78 is 6.57. The first kappa shape index (κ1) is 18.6. The summed E-state index contributed by atoms with van der Waals surface area (Å²) in [5.41, 5.74) is 0. The van der Waals surface area contributed by atoms with Crippen LogP contribution in [-0.2, 0) is 9.22 Å². The zero-order valence-corrected chi connectivity index (χ0v) is 16.2. The Morgan fingerprint density at radius 1 is 0.917 bits per heavy atom. The highest BCUT2D eigenvalue weighted by Crippen LogP contribution is 2.36. The van der Waals surface area contributed by atoms with Gasteiger partial charge in [-0.3, -0.25) is 4.79 Å². The molecule has 0 amide bonds. The summed E-state index contributed by atoms with van der Waals surface area (Å²) in [4.78, 5) is 12.2. The van der Waals surface area contributed by atoms with Gasteiger partial charge in [-0.1, -0.05) is 88.4 Å². The lowest BCUT2D eigenvalue weighted by Crippen LogP contribution is -2.67. The van der Waals surface area contributed by atoms with Crippen molar-refractivity contribution < 1.29 is 9.22 Å². The number of hydrogen-bond donors (Lipinski definition) is 0. The molecule has 0 aliphatic carbocycles. The molecule has 2 aromatic carbocycles. The highest BCUT2D eigenvalue weighted by Gasteiger charge is 2.50. The quantitative estimate of drug-likeness (QED) is 0.714. The molecule has 0 N–H and O–H groups in total. The van der Waals surface area contributed by atoms with Crippen LogP contribution in [0.4, 0.5) is 0 Å². The molecular formula is C21H28O2Si. The first-order valence-electron chi connectivity index (χ1n) is 8.68. The topological polar surface area (TPSA) is 26.3 Å². The van der Waals surface area contributed by atoms with E-state index in [4.69, 9.17) is 4.43 Å². The van der Waals surface area contributed by atoms with E-state index < -0.39 is 8.32 Å². The second kappa shape index (κ2) is 7.91. The monoisotopic (exact) mass is 340 g/mol. The molecule has 3 heteroatoms. The molecule has 0 saturated heterocycles. The van der Waals surface area contributed by atoms with Gasteiger partial charge in [0.05, 0.1) is 6.61 Å². The normalized spacial score (nSPS) is 12.2. The molecule has 0 atom stereocenters. The first-order valence-corrected chi connectivity index (χ1v) is 10.6. The minimum absolute atomic E-state index is 0.0811. The zero-order valence-electron chi connectivity index (χ0n) is 15.2. The molecule has 2 nitrogen and oxygen atoms in total. The fraction of sp³-hybridized carbons (Fsp3) is 0.381. The molecule has 0 saturated carbocycles. The Balaban J connectivity index is 2.55. The van der Waals surface area contributed by atoms with Crippen molar-refractivity contribution in [3.05, 3.63) is 60.7 Å². The van der Waals surface area contributed by atoms with E-state index in [0.29, 0.717) is 6.42 Å². The van der Waals surface area contributed by atoms with Crippen LogP contribution in [-0.4, -0.2) is 20.7 Å². The van der Waals surface area contributed by atoms with E-state index in [9.17, 15) is 4.79 Å². The third kappa shape index (κ3) is 3.85. The van der Waals surface area contributed by atoms with Gasteiger partial charge in [0.1, 0.15) is 0 Å². The Hall–Kier alpha value is -1.71. The molecule has 128 valence electrons. The fourth-order valence-corrected chi connectivity index (χ4v) is 7.83. The van der Waals surface area contributed by atoms with Crippen LogP contribution in [0.15, 0.2) is 60.7 Å². The molecular weight excluding hydrogens is 312 g/mol. The maximum Gasteiger partial charge on any atom is 0.261 e. The number of hydrogen-bond acceptors (Lipinski definition) is 2. The molecule has 0 radical (unpaired) electrons. The van der Waals surface area contributed by atoms with Crippen LogP contribution in [0.1, 0.15) is 40.5 Å². The van der Waals surface area contributed by atoms with Gasteiger partial charge in [-0.25, -0.2) is 0 Å². The van der Waals surface area contributed by atoms with Gasteiger partial charge >= 0.3 is 0 Å². The first-order chi connectivity index (χ1) is 11.4. The number of benzene rings is 2. The number of Topliss-reactive ketones (excluding diaryl/α,β-unsaturated/α-hetero) is 1. The second-order valence-corrected chi connectivity index (χ2v) is 11.5. The molecule has 24 heavy (non-hydrogen) atoms. The van der Waals surface area contributed by atoms with E-state index >= 15 is 0 Å². The highest BCUT2D eigenvalue weighted by atomic mass is 28.4. The molecule has 0 bridgehead atoms. The molecule has 0 spiro atoms. The van der Waals surface area contributed by atoms with Gasteiger partial charge in [-0.15, -0.1) is 0 Å². The van der Waals surface area contributed by atoms with Crippen molar-refractivity contribution in [1.29, 1.82) is 0 Å². The summed E-state index contributed by atoms with van der Waals surface area (Å²) >= 11 is 0. The van der Waals surface area contributed by atoms with Crippen LogP contribution in [0, 0.1) is 0 Å². The largest absolute Gasteiger partial charge is 0.400 e. The number of rotatable bonds is 7. The van der Waals surface area contributed by atoms with E-state index in [1.54, 1.807) is 0 Å². The lowest BCUT2D eigenvalue weighted by molar-refractivity contribution is -0.121. The lowest BCUT2D eigenvalue weighted by Gasteiger charge is -2.42. The van der Waals surface area contributed by atoms with E-state index in [1.807, 2.05) is 19.1 Å². The van der Waals surface area contributed by atoms with Gasteiger partial charge in [-0.2, -0.15) is 0 Å². The fourth-order valence-electron chi connectivity index (χ4n) is 3.30. The lowest BCUT2D eigenvalue weighted by atomic mass is 10.2. The predicted molar refractivity (Wildman–Crippen MR) is 103 cm³/mol. The molecule has 0 heterocycles. The smallest absolute Gasteiger partial charge is 0.261 e. The maximum absolute atomic E-state index is 12.2. The summed E-state index contributed by atoms with van der Waals surface area (Å²) in [7, 11) is -2.56. The van der Waals surface area contributed by atoms with Gasteiger partial charge in [0.25, 0.3) is 8.32 Å². The maximum atomic E-state index is 12.2. The number of ketones is 1. The van der Waals surface area contributed by atoms with Crippen LogP contribution in [0.2, 0.25) is 5.04 Å². The second-order valence-electron chi connectivity index (χ2n) is 7.24. The molecule has 0 aliphatic heterocycles. The zero-order chi connectivity index (χ0) is 17.6. The van der Waals surface area contributed by atoms with Gasteiger partial charge < -0.3 is 4.43 Å². The van der Waals surface area contributed by atoms with Crippen LogP contribution < -0.4 is 10.4 Å². The van der Waals surface area contributed by atoms with E-state index in [0.717, 1.165) is 6.42 Å². The van der Waals surface area contributed by atoms with E-state index in [2.05, 4.69) is 69.3 Å².